The molecule has 2 aliphatic rings. The molecule has 0 saturated carbocycles. The van der Waals surface area contributed by atoms with E-state index in [1.165, 1.54) is 19.2 Å². The Balaban J connectivity index is 1.04. The molecule has 0 radical (unpaired) electrons. The van der Waals surface area contributed by atoms with E-state index >= 15 is 0 Å². The second kappa shape index (κ2) is 26.1. The number of halogens is 4. The lowest BCUT2D eigenvalue weighted by Gasteiger charge is -2.23. The van der Waals surface area contributed by atoms with Gasteiger partial charge in [-0.25, -0.2) is 18.4 Å². The van der Waals surface area contributed by atoms with Gasteiger partial charge >= 0.3 is 18.0 Å². The lowest BCUT2D eigenvalue weighted by atomic mass is 10.0. The van der Waals surface area contributed by atoms with Gasteiger partial charge in [-0.2, -0.15) is 20.5 Å². The van der Waals surface area contributed by atoms with Crippen molar-refractivity contribution in [3.05, 3.63) is 58.7 Å². The van der Waals surface area contributed by atoms with Crippen LogP contribution in [0.15, 0.2) is 24.3 Å². The standard InChI is InChI=1S/C43H58F4N6O11S/c1-43(2,3)64-34(55)23-30(51-33(54)10-6-5-9-32-37-31(24-65-32)52-42(59)53-37)40(57)50-12-8-14-61-16-18-62-17-15-60-13-7-11-49-39(56)25-19-26(21-27(20-25)48-4)41(58)63-38-35(46)28(44)22-29(45)36(38)47/h19-22,30-32,37,48H,5-18,23-24H2,1-4H3,(H,49,56)(H,50,57)(H,51,54)(H2,52,53,59). The number of unbranched alkanes of at least 4 members (excludes halogenated alkanes) is 1. The Morgan fingerprint density at radius 1 is 0.800 bits per heavy atom. The molecule has 2 fully saturated rings. The van der Waals surface area contributed by atoms with Gasteiger partial charge in [-0.1, -0.05) is 6.42 Å². The zero-order valence-electron chi connectivity index (χ0n) is 36.8. The number of carbonyl (C=O) groups is 6. The number of benzene rings is 2. The van der Waals surface area contributed by atoms with Crippen molar-refractivity contribution < 1.29 is 70.0 Å². The van der Waals surface area contributed by atoms with Crippen molar-refractivity contribution >= 4 is 53.1 Å². The number of carbonyl (C=O) groups excluding carboxylic acids is 6. The van der Waals surface area contributed by atoms with Crippen molar-refractivity contribution in [2.24, 2.45) is 0 Å². The van der Waals surface area contributed by atoms with Crippen LogP contribution in [0.2, 0.25) is 0 Å². The molecule has 65 heavy (non-hydrogen) atoms. The topological polar surface area (TPSA) is 221 Å². The van der Waals surface area contributed by atoms with E-state index in [0.29, 0.717) is 25.9 Å². The Hall–Kier alpha value is -5.19. The van der Waals surface area contributed by atoms with Crippen molar-refractivity contribution in [3.63, 3.8) is 0 Å². The predicted octanol–water partition coefficient (Wildman–Crippen LogP) is 4.12. The number of thioether (sulfide) groups is 1. The minimum atomic E-state index is -1.89. The SMILES string of the molecule is CNc1cc(C(=O)NCCCOCCOCCOCCCNC(=O)C(CC(=O)OC(C)(C)C)NC(=O)CCCCC2SCC3NC(=O)NC32)cc(C(=O)Oc2c(F)c(F)cc(F)c2F)c1. The average molecular weight is 943 g/mol. The third kappa shape index (κ3) is 17.6. The van der Waals surface area contributed by atoms with Gasteiger partial charge in [0.1, 0.15) is 11.6 Å². The highest BCUT2D eigenvalue weighted by Crippen LogP contribution is 2.33. The van der Waals surface area contributed by atoms with E-state index in [1.54, 1.807) is 32.5 Å². The molecule has 2 heterocycles. The zero-order chi connectivity index (χ0) is 47.5. The fourth-order valence-corrected chi connectivity index (χ4v) is 8.19. The predicted molar refractivity (Wildman–Crippen MR) is 231 cm³/mol. The first-order valence-corrected chi connectivity index (χ1v) is 22.4. The quantitative estimate of drug-likeness (QED) is 0.0186. The molecule has 6 N–H and O–H groups in total. The second-order valence-electron chi connectivity index (χ2n) is 16.1. The summed E-state index contributed by atoms with van der Waals surface area (Å²) < 4.78 is 81.8. The molecule has 2 aromatic carbocycles. The summed E-state index contributed by atoms with van der Waals surface area (Å²) >= 11 is 1.80. The Morgan fingerprint density at radius 2 is 1.42 bits per heavy atom. The van der Waals surface area contributed by atoms with Crippen molar-refractivity contribution in [3.8, 4) is 5.75 Å². The third-order valence-electron chi connectivity index (χ3n) is 9.77. The molecule has 4 atom stereocenters. The van der Waals surface area contributed by atoms with E-state index in [1.807, 2.05) is 0 Å². The van der Waals surface area contributed by atoms with Gasteiger partial charge in [0.15, 0.2) is 11.6 Å². The summed E-state index contributed by atoms with van der Waals surface area (Å²) in [6, 6.07) is 2.68. The molecule has 4 rings (SSSR count). The molecule has 360 valence electrons. The number of rotatable bonds is 27. The molecular formula is C43H58F4N6O11S. The summed E-state index contributed by atoms with van der Waals surface area (Å²) in [4.78, 5) is 75.5. The number of nitrogens with one attached hydrogen (secondary N) is 6. The van der Waals surface area contributed by atoms with Crippen molar-refractivity contribution in [2.75, 3.05) is 70.8 Å². The number of anilines is 1. The van der Waals surface area contributed by atoms with Gasteiger partial charge in [0.2, 0.25) is 29.2 Å². The first-order valence-electron chi connectivity index (χ1n) is 21.3. The average Bonchev–Trinajstić information content (AvgIpc) is 3.81. The first-order chi connectivity index (χ1) is 30.9. The Morgan fingerprint density at radius 3 is 2.05 bits per heavy atom. The Labute approximate surface area is 378 Å². The molecule has 0 bridgehead atoms. The largest absolute Gasteiger partial charge is 0.460 e. The molecule has 2 saturated heterocycles. The molecule has 5 amide bonds. The fourth-order valence-electron chi connectivity index (χ4n) is 6.64. The smallest absolute Gasteiger partial charge is 0.343 e. The molecule has 17 nitrogen and oxygen atoms in total. The van der Waals surface area contributed by atoms with Crippen LogP contribution in [0.1, 0.15) is 86.4 Å². The summed E-state index contributed by atoms with van der Waals surface area (Å²) in [5.74, 6) is -11.4. The molecule has 2 aromatic rings. The summed E-state index contributed by atoms with van der Waals surface area (Å²) in [5, 5.41) is 17.0. The highest BCUT2D eigenvalue weighted by Gasteiger charge is 2.42. The lowest BCUT2D eigenvalue weighted by Crippen LogP contribution is -2.48. The highest BCUT2D eigenvalue weighted by atomic mass is 32.2. The van der Waals surface area contributed by atoms with Crippen molar-refractivity contribution in [1.82, 2.24) is 26.6 Å². The van der Waals surface area contributed by atoms with E-state index < -0.39 is 64.4 Å². The van der Waals surface area contributed by atoms with E-state index in [2.05, 4.69) is 36.6 Å². The van der Waals surface area contributed by atoms with Crippen LogP contribution in [0.3, 0.4) is 0 Å². The summed E-state index contributed by atoms with van der Waals surface area (Å²) in [5.41, 5.74) is -0.807. The van der Waals surface area contributed by atoms with Gasteiger partial charge in [-0.3, -0.25) is 19.2 Å². The molecular weight excluding hydrogens is 885 g/mol. The maximum atomic E-state index is 14.0. The third-order valence-corrected chi connectivity index (χ3v) is 11.3. The minimum absolute atomic E-state index is 0.00254. The minimum Gasteiger partial charge on any atom is -0.460 e. The summed E-state index contributed by atoms with van der Waals surface area (Å²) in [6.45, 7) is 7.30. The van der Waals surface area contributed by atoms with E-state index in [4.69, 9.17) is 18.9 Å². The molecule has 2 aliphatic heterocycles. The number of urea groups is 1. The van der Waals surface area contributed by atoms with Crippen LogP contribution in [-0.4, -0.2) is 130 Å². The Bertz CT molecular complexity index is 1950. The maximum absolute atomic E-state index is 14.0. The molecule has 0 aromatic heterocycles. The highest BCUT2D eigenvalue weighted by molar-refractivity contribution is 8.00. The molecule has 4 unspecified atom stereocenters. The lowest BCUT2D eigenvalue weighted by molar-refractivity contribution is -0.156. The van der Waals surface area contributed by atoms with Crippen LogP contribution < -0.4 is 36.6 Å². The fraction of sp³-hybridized carbons (Fsp3) is 0.581. The van der Waals surface area contributed by atoms with E-state index in [9.17, 15) is 46.3 Å². The number of hydrogen-bond acceptors (Lipinski definition) is 13. The van der Waals surface area contributed by atoms with E-state index in [-0.39, 0.29) is 111 Å². The number of amides is 5. The van der Waals surface area contributed by atoms with Gasteiger partial charge in [0.25, 0.3) is 5.91 Å². The summed E-state index contributed by atoms with van der Waals surface area (Å²) in [6.07, 6.45) is 2.95. The van der Waals surface area contributed by atoms with Crippen LogP contribution in [0.4, 0.5) is 28.0 Å². The van der Waals surface area contributed by atoms with Crippen LogP contribution in [-0.2, 0) is 33.3 Å². The number of fused-ring (bicyclic) bond motifs is 1. The van der Waals surface area contributed by atoms with Crippen molar-refractivity contribution in [1.29, 1.82) is 0 Å². The van der Waals surface area contributed by atoms with Crippen molar-refractivity contribution in [2.45, 2.75) is 94.7 Å². The van der Waals surface area contributed by atoms with Gasteiger partial charge in [0.05, 0.1) is 50.5 Å². The Kier molecular flexibility index (Phi) is 21.0. The monoisotopic (exact) mass is 942 g/mol. The number of esters is 2. The maximum Gasteiger partial charge on any atom is 0.343 e. The molecule has 0 spiro atoms. The van der Waals surface area contributed by atoms with Crippen LogP contribution in [0, 0.1) is 23.3 Å². The first kappa shape index (κ1) is 52.4. The number of hydrogen-bond donors (Lipinski definition) is 6. The van der Waals surface area contributed by atoms with Gasteiger partial charge in [-0.15, -0.1) is 0 Å². The zero-order valence-corrected chi connectivity index (χ0v) is 37.7. The van der Waals surface area contributed by atoms with Crippen LogP contribution >= 0.6 is 11.8 Å². The van der Waals surface area contributed by atoms with Gasteiger partial charge in [0, 0.05) is 68.1 Å². The summed E-state index contributed by atoms with van der Waals surface area (Å²) in [7, 11) is 1.50. The van der Waals surface area contributed by atoms with Crippen LogP contribution in [0.25, 0.3) is 0 Å². The molecule has 0 aliphatic carbocycles. The van der Waals surface area contributed by atoms with Gasteiger partial charge in [-0.05, 0) is 64.7 Å². The molecule has 22 heteroatoms. The number of ether oxygens (including phenoxy) is 5. The van der Waals surface area contributed by atoms with Crippen LogP contribution in [0.5, 0.6) is 5.75 Å². The van der Waals surface area contributed by atoms with E-state index in [0.717, 1.165) is 24.7 Å². The normalized spacial score (nSPS) is 17.0. The second-order valence-corrected chi connectivity index (χ2v) is 17.4. The van der Waals surface area contributed by atoms with Gasteiger partial charge < -0.3 is 55.6 Å².